The number of amides is 1. The van der Waals surface area contributed by atoms with Crippen LogP contribution in [0.3, 0.4) is 0 Å². The van der Waals surface area contributed by atoms with Crippen molar-refractivity contribution in [3.05, 3.63) is 18.3 Å². The number of ether oxygens (including phenoxy) is 2. The first-order chi connectivity index (χ1) is 20.9. The molecule has 0 bridgehead atoms. The summed E-state index contributed by atoms with van der Waals surface area (Å²) in [7, 11) is -4.18. The van der Waals surface area contributed by atoms with Crippen LogP contribution in [0, 0.1) is 52.3 Å². The van der Waals surface area contributed by atoms with Gasteiger partial charge in [0.2, 0.25) is 0 Å². The van der Waals surface area contributed by atoms with Gasteiger partial charge in [-0.3, -0.25) is 0 Å². The molecule has 5 fully saturated rings. The molecule has 1 heterocycles. The molecule has 246 valence electrons. The van der Waals surface area contributed by atoms with Gasteiger partial charge < -0.3 is 19.7 Å². The van der Waals surface area contributed by atoms with E-state index in [1.807, 2.05) is 4.72 Å². The van der Waals surface area contributed by atoms with Gasteiger partial charge in [-0.05, 0) is 129 Å². The number of nitrogens with one attached hydrogen (secondary N) is 1. The largest absolute Gasteiger partial charge is 0.489 e. The number of carbonyl (C=O) groups excluding carboxylic acids is 1. The number of carbonyl (C=O) groups is 1. The second-order valence-electron chi connectivity index (χ2n) is 15.3. The van der Waals surface area contributed by atoms with Gasteiger partial charge >= 0.3 is 6.09 Å². The first-order valence-corrected chi connectivity index (χ1v) is 18.5. The molecule has 0 saturated heterocycles. The quantitative estimate of drug-likeness (QED) is 0.333. The maximum Gasteiger partial charge on any atom is 0.421 e. The van der Waals surface area contributed by atoms with E-state index in [4.69, 9.17) is 9.47 Å². The number of rotatable bonds is 8. The van der Waals surface area contributed by atoms with E-state index in [1.165, 1.54) is 12.3 Å². The lowest BCUT2D eigenvalue weighted by Gasteiger charge is -2.64. The summed E-state index contributed by atoms with van der Waals surface area (Å²) < 4.78 is 38.8. The van der Waals surface area contributed by atoms with Gasteiger partial charge in [0.05, 0.1) is 31.1 Å². The number of aliphatic hydroxyl groups is 2. The third-order valence-corrected chi connectivity index (χ3v) is 14.4. The highest BCUT2D eigenvalue weighted by Gasteiger charge is 2.65. The lowest BCUT2D eigenvalue weighted by atomic mass is 9.41. The van der Waals surface area contributed by atoms with Crippen LogP contribution < -0.4 is 9.46 Å². The van der Waals surface area contributed by atoms with Crippen molar-refractivity contribution in [3.8, 4) is 5.75 Å². The van der Waals surface area contributed by atoms with Gasteiger partial charge in [-0.2, -0.15) is 8.42 Å². The fourth-order valence-corrected chi connectivity index (χ4v) is 11.5. The zero-order valence-corrected chi connectivity index (χ0v) is 27.6. The Balaban J connectivity index is 1.08. The van der Waals surface area contributed by atoms with Crippen LogP contribution in [-0.4, -0.2) is 54.6 Å². The summed E-state index contributed by atoms with van der Waals surface area (Å²) in [5.41, 5.74) is 0.177. The molecule has 1 aromatic rings. The lowest BCUT2D eigenvalue weighted by molar-refractivity contribution is -0.203. The van der Waals surface area contributed by atoms with E-state index < -0.39 is 16.1 Å². The molecule has 1 amide bonds. The number of aliphatic hydroxyl groups excluding tert-OH is 2. The fraction of sp³-hybridized carbons (Fsp3) is 0.824. The van der Waals surface area contributed by atoms with Gasteiger partial charge in [0.25, 0.3) is 10.0 Å². The number of fused-ring (bicyclic) bond motifs is 5. The van der Waals surface area contributed by atoms with Gasteiger partial charge in [-0.25, -0.2) is 14.5 Å². The number of pyridine rings is 1. The Morgan fingerprint density at radius 3 is 2.43 bits per heavy atom. The minimum atomic E-state index is -4.18. The molecule has 0 spiro atoms. The summed E-state index contributed by atoms with van der Waals surface area (Å²) in [5, 5.41) is 22.2. The third kappa shape index (κ3) is 5.55. The summed E-state index contributed by atoms with van der Waals surface area (Å²) in [6.45, 7) is 9.24. The molecule has 6 rings (SSSR count). The molecule has 3 N–H and O–H groups in total. The molecule has 1 aromatic heterocycles. The van der Waals surface area contributed by atoms with Crippen molar-refractivity contribution in [3.63, 3.8) is 0 Å². The summed E-state index contributed by atoms with van der Waals surface area (Å²) in [4.78, 5) is 16.6. The minimum absolute atomic E-state index is 0.0242. The van der Waals surface area contributed by atoms with E-state index in [0.29, 0.717) is 29.4 Å². The molecule has 5 saturated carbocycles. The topological polar surface area (TPSA) is 135 Å². The Bertz CT molecular complexity index is 1300. The van der Waals surface area contributed by atoms with Gasteiger partial charge in [0, 0.05) is 0 Å². The maximum atomic E-state index is 12.8. The molecule has 0 aromatic carbocycles. The molecule has 9 nitrogen and oxygen atoms in total. The minimum Gasteiger partial charge on any atom is -0.489 e. The Labute approximate surface area is 262 Å². The maximum absolute atomic E-state index is 12.8. The molecule has 10 heteroatoms. The smallest absolute Gasteiger partial charge is 0.421 e. The summed E-state index contributed by atoms with van der Waals surface area (Å²) in [5.74, 6) is 2.57. The van der Waals surface area contributed by atoms with Gasteiger partial charge in [-0.15, -0.1) is 0 Å². The van der Waals surface area contributed by atoms with Crippen molar-refractivity contribution in [2.45, 2.75) is 122 Å². The monoisotopic (exact) mass is 632 g/mol. The normalized spacial score (nSPS) is 41.0. The third-order valence-electron chi connectivity index (χ3n) is 13.2. The Morgan fingerprint density at radius 2 is 1.77 bits per heavy atom. The van der Waals surface area contributed by atoms with E-state index in [0.717, 1.165) is 70.6 Å². The number of sulfonamides is 1. The fourth-order valence-electron chi connectivity index (χ4n) is 10.7. The van der Waals surface area contributed by atoms with Crippen molar-refractivity contribution in [2.24, 2.45) is 52.3 Å². The standard InChI is InChI=1S/C34H52N2O7S/c1-5-24-28-17-21(37)13-15-34(28,4)27-14-16-33(3)25(10-11-26(33)30(27)31(24)38)20(2)19-42-32(39)36-44(40,41)29-12-9-23(18-35-29)43-22-7-6-8-22/h9,12,18,20-22,24-28,30-31,37-38H,5-8,10-11,13-17,19H2,1-4H3,(H,36,39)/t20-,21-,24-,25-,26+,27+,28+,30+,31-,33-,34-/m1/s1. The van der Waals surface area contributed by atoms with E-state index in [9.17, 15) is 23.4 Å². The molecule has 44 heavy (non-hydrogen) atoms. The summed E-state index contributed by atoms with van der Waals surface area (Å²) >= 11 is 0. The summed E-state index contributed by atoms with van der Waals surface area (Å²) in [6.07, 6.45) is 10.9. The first kappa shape index (κ1) is 32.0. The average Bonchev–Trinajstić information content (AvgIpc) is 3.32. The van der Waals surface area contributed by atoms with Crippen molar-refractivity contribution in [2.75, 3.05) is 6.61 Å². The second kappa shape index (κ2) is 12.0. The molecule has 11 atom stereocenters. The highest BCUT2D eigenvalue weighted by Crippen LogP contribution is 2.69. The molecular formula is C34H52N2O7S. The van der Waals surface area contributed by atoms with E-state index in [-0.39, 0.29) is 58.5 Å². The number of nitrogens with zero attached hydrogens (tertiary/aromatic N) is 1. The van der Waals surface area contributed by atoms with Crippen LogP contribution in [0.25, 0.3) is 0 Å². The van der Waals surface area contributed by atoms with Crippen molar-refractivity contribution < 1.29 is 32.9 Å². The van der Waals surface area contributed by atoms with E-state index in [1.54, 1.807) is 6.07 Å². The average molecular weight is 633 g/mol. The Hall–Kier alpha value is -1.91. The van der Waals surface area contributed by atoms with Crippen LogP contribution in [0.2, 0.25) is 0 Å². The molecule has 0 aliphatic heterocycles. The molecule has 5 aliphatic carbocycles. The SMILES string of the molecule is CC[C@H]1[C@@H](O)[C@@H]2[C@H](CC[C@]3(C)[C@@H]([C@H](C)COC(=O)NS(=O)(=O)c4ccc(OC5CCC5)cn4)CC[C@@H]23)[C@@]2(C)CC[C@@H](O)C[C@@H]12. The lowest BCUT2D eigenvalue weighted by Crippen LogP contribution is -2.62. The first-order valence-electron chi connectivity index (χ1n) is 17.1. The van der Waals surface area contributed by atoms with Crippen LogP contribution in [0.4, 0.5) is 4.79 Å². The van der Waals surface area contributed by atoms with E-state index >= 15 is 0 Å². The van der Waals surface area contributed by atoms with Crippen LogP contribution in [0.1, 0.15) is 98.3 Å². The van der Waals surface area contributed by atoms with Crippen molar-refractivity contribution in [1.82, 2.24) is 9.71 Å². The molecular weight excluding hydrogens is 580 g/mol. The van der Waals surface area contributed by atoms with Crippen molar-refractivity contribution in [1.29, 1.82) is 0 Å². The number of aromatic nitrogens is 1. The Morgan fingerprint density at radius 1 is 1.05 bits per heavy atom. The predicted octanol–water partition coefficient (Wildman–Crippen LogP) is 5.69. The molecule has 0 unspecified atom stereocenters. The van der Waals surface area contributed by atoms with Crippen LogP contribution in [-0.2, 0) is 14.8 Å². The molecule has 0 radical (unpaired) electrons. The van der Waals surface area contributed by atoms with Crippen LogP contribution in [0.5, 0.6) is 5.75 Å². The van der Waals surface area contributed by atoms with Crippen LogP contribution >= 0.6 is 0 Å². The number of hydrogen-bond donors (Lipinski definition) is 3. The zero-order chi connectivity index (χ0) is 31.4. The van der Waals surface area contributed by atoms with Crippen molar-refractivity contribution >= 4 is 16.1 Å². The highest BCUT2D eigenvalue weighted by atomic mass is 32.2. The second-order valence-corrected chi connectivity index (χ2v) is 16.9. The van der Waals surface area contributed by atoms with Gasteiger partial charge in [0.1, 0.15) is 5.75 Å². The zero-order valence-electron chi connectivity index (χ0n) is 26.8. The predicted molar refractivity (Wildman–Crippen MR) is 165 cm³/mol. The van der Waals surface area contributed by atoms with Crippen LogP contribution in [0.15, 0.2) is 23.4 Å². The number of hydrogen-bond acceptors (Lipinski definition) is 8. The molecule has 5 aliphatic rings. The Kier molecular flexibility index (Phi) is 8.76. The van der Waals surface area contributed by atoms with Gasteiger partial charge in [0.15, 0.2) is 5.03 Å². The van der Waals surface area contributed by atoms with Gasteiger partial charge in [-0.1, -0.05) is 34.1 Å². The van der Waals surface area contributed by atoms with E-state index in [2.05, 4.69) is 32.7 Å². The summed E-state index contributed by atoms with van der Waals surface area (Å²) in [6, 6.07) is 2.90. The highest BCUT2D eigenvalue weighted by molar-refractivity contribution is 7.90.